The second kappa shape index (κ2) is 3.95. The number of nitrogens with zero attached hydrogens (tertiary/aromatic N) is 2. The molecular formula is C13H14BrFN2O. The van der Waals surface area contributed by atoms with E-state index in [1.54, 1.807) is 17.0 Å². The SMILES string of the molecule is CN1CC2(CC1=O)CN(c1cccc(Br)c1F)C2. The maximum absolute atomic E-state index is 13.9. The molecule has 0 aromatic heterocycles. The summed E-state index contributed by atoms with van der Waals surface area (Å²) < 4.78 is 14.4. The van der Waals surface area contributed by atoms with Gasteiger partial charge in [0.15, 0.2) is 5.82 Å². The zero-order chi connectivity index (χ0) is 12.9. The van der Waals surface area contributed by atoms with Crippen LogP contribution in [0.1, 0.15) is 6.42 Å². The lowest BCUT2D eigenvalue weighted by atomic mass is 9.78. The number of anilines is 1. The van der Waals surface area contributed by atoms with Gasteiger partial charge in [-0.05, 0) is 28.1 Å². The monoisotopic (exact) mass is 312 g/mol. The molecule has 1 amide bonds. The highest BCUT2D eigenvalue weighted by Crippen LogP contribution is 2.43. The lowest BCUT2D eigenvalue weighted by molar-refractivity contribution is -0.126. The Labute approximate surface area is 114 Å². The van der Waals surface area contributed by atoms with Crippen LogP contribution in [-0.2, 0) is 4.79 Å². The van der Waals surface area contributed by atoms with Crippen LogP contribution < -0.4 is 4.90 Å². The molecule has 96 valence electrons. The van der Waals surface area contributed by atoms with Gasteiger partial charge in [0.1, 0.15) is 0 Å². The molecular weight excluding hydrogens is 299 g/mol. The Morgan fingerprint density at radius 2 is 2.06 bits per heavy atom. The van der Waals surface area contributed by atoms with Gasteiger partial charge in [0, 0.05) is 38.5 Å². The first-order valence-corrected chi connectivity index (χ1v) is 6.73. The van der Waals surface area contributed by atoms with E-state index in [1.807, 2.05) is 18.0 Å². The Hall–Kier alpha value is -1.10. The summed E-state index contributed by atoms with van der Waals surface area (Å²) in [7, 11) is 1.83. The first-order chi connectivity index (χ1) is 8.51. The molecule has 2 heterocycles. The minimum atomic E-state index is -0.218. The number of halogens is 2. The molecule has 0 radical (unpaired) electrons. The quantitative estimate of drug-likeness (QED) is 0.794. The molecule has 2 aliphatic rings. The Bertz CT molecular complexity index is 514. The van der Waals surface area contributed by atoms with Gasteiger partial charge in [-0.1, -0.05) is 6.07 Å². The van der Waals surface area contributed by atoms with E-state index < -0.39 is 0 Å². The van der Waals surface area contributed by atoms with E-state index in [0.29, 0.717) is 16.6 Å². The average molecular weight is 313 g/mol. The minimum absolute atomic E-state index is 0.0423. The number of hydrogen-bond donors (Lipinski definition) is 0. The molecule has 0 bridgehead atoms. The number of amides is 1. The Morgan fingerprint density at radius 3 is 2.67 bits per heavy atom. The first kappa shape index (κ1) is 12.0. The van der Waals surface area contributed by atoms with Crippen molar-refractivity contribution in [3.05, 3.63) is 28.5 Å². The summed E-state index contributed by atoms with van der Waals surface area (Å²) in [6.45, 7) is 2.31. The molecule has 18 heavy (non-hydrogen) atoms. The smallest absolute Gasteiger partial charge is 0.223 e. The van der Waals surface area contributed by atoms with Crippen LogP contribution in [0.5, 0.6) is 0 Å². The van der Waals surface area contributed by atoms with Gasteiger partial charge in [-0.2, -0.15) is 0 Å². The van der Waals surface area contributed by atoms with Crippen molar-refractivity contribution >= 4 is 27.5 Å². The van der Waals surface area contributed by atoms with Gasteiger partial charge in [0.2, 0.25) is 5.91 Å². The number of carbonyl (C=O) groups excluding carboxylic acids is 1. The number of rotatable bonds is 1. The predicted molar refractivity (Wildman–Crippen MR) is 71.0 cm³/mol. The molecule has 3 rings (SSSR count). The fourth-order valence-corrected chi connectivity index (χ4v) is 3.34. The third kappa shape index (κ3) is 1.72. The highest BCUT2D eigenvalue weighted by Gasteiger charge is 2.50. The average Bonchev–Trinajstić information content (AvgIpc) is 2.57. The standard InChI is InChI=1S/C13H14BrFN2O/c1-16-6-13(5-11(16)18)7-17(8-13)10-4-2-3-9(14)12(10)15/h2-4H,5-8H2,1H3. The molecule has 2 fully saturated rings. The molecule has 2 aliphatic heterocycles. The van der Waals surface area contributed by atoms with Gasteiger partial charge in [-0.15, -0.1) is 0 Å². The van der Waals surface area contributed by atoms with Crippen molar-refractivity contribution in [2.75, 3.05) is 31.6 Å². The van der Waals surface area contributed by atoms with Crippen LogP contribution in [-0.4, -0.2) is 37.5 Å². The summed E-state index contributed by atoms with van der Waals surface area (Å²) in [6, 6.07) is 5.31. The second-order valence-electron chi connectivity index (χ2n) is 5.36. The molecule has 3 nitrogen and oxygen atoms in total. The van der Waals surface area contributed by atoms with Crippen LogP contribution in [0.15, 0.2) is 22.7 Å². The van der Waals surface area contributed by atoms with E-state index in [-0.39, 0.29) is 17.1 Å². The van der Waals surface area contributed by atoms with Crippen LogP contribution in [0.4, 0.5) is 10.1 Å². The van der Waals surface area contributed by atoms with Crippen LogP contribution in [0, 0.1) is 11.2 Å². The molecule has 0 atom stereocenters. The summed E-state index contributed by atoms with van der Waals surface area (Å²) >= 11 is 3.20. The summed E-state index contributed by atoms with van der Waals surface area (Å²) in [6.07, 6.45) is 0.593. The van der Waals surface area contributed by atoms with Gasteiger partial charge >= 0.3 is 0 Å². The molecule has 0 saturated carbocycles. The minimum Gasteiger partial charge on any atom is -0.368 e. The summed E-state index contributed by atoms with van der Waals surface area (Å²) in [4.78, 5) is 15.4. The highest BCUT2D eigenvalue weighted by molar-refractivity contribution is 9.10. The van der Waals surface area contributed by atoms with Gasteiger partial charge in [-0.25, -0.2) is 4.39 Å². The van der Waals surface area contributed by atoms with Crippen molar-refractivity contribution in [1.82, 2.24) is 4.90 Å². The van der Waals surface area contributed by atoms with Crippen molar-refractivity contribution in [3.63, 3.8) is 0 Å². The van der Waals surface area contributed by atoms with Crippen molar-refractivity contribution in [2.24, 2.45) is 5.41 Å². The Kier molecular flexibility index (Phi) is 2.62. The maximum atomic E-state index is 13.9. The fraction of sp³-hybridized carbons (Fsp3) is 0.462. The molecule has 0 N–H and O–H groups in total. The topological polar surface area (TPSA) is 23.6 Å². The highest BCUT2D eigenvalue weighted by atomic mass is 79.9. The fourth-order valence-electron chi connectivity index (χ4n) is 2.99. The molecule has 1 aromatic rings. The zero-order valence-electron chi connectivity index (χ0n) is 10.1. The third-order valence-electron chi connectivity index (χ3n) is 3.85. The van der Waals surface area contributed by atoms with Crippen LogP contribution in [0.25, 0.3) is 0 Å². The normalized spacial score (nSPS) is 21.6. The molecule has 0 unspecified atom stereocenters. The van der Waals surface area contributed by atoms with E-state index in [9.17, 15) is 9.18 Å². The molecule has 5 heteroatoms. The van der Waals surface area contributed by atoms with Gasteiger partial charge in [0.05, 0.1) is 10.2 Å². The third-order valence-corrected chi connectivity index (χ3v) is 4.46. The lowest BCUT2D eigenvalue weighted by Gasteiger charge is -2.48. The van der Waals surface area contributed by atoms with Gasteiger partial charge in [0.25, 0.3) is 0 Å². The second-order valence-corrected chi connectivity index (χ2v) is 6.21. The van der Waals surface area contributed by atoms with E-state index in [0.717, 1.165) is 19.6 Å². The lowest BCUT2D eigenvalue weighted by Crippen LogP contribution is -2.57. The van der Waals surface area contributed by atoms with E-state index in [1.165, 1.54) is 0 Å². The molecule has 1 spiro atoms. The summed E-state index contributed by atoms with van der Waals surface area (Å²) in [5.41, 5.74) is 0.664. The van der Waals surface area contributed by atoms with E-state index >= 15 is 0 Å². The number of likely N-dealkylation sites (tertiary alicyclic amines) is 1. The maximum Gasteiger partial charge on any atom is 0.223 e. The first-order valence-electron chi connectivity index (χ1n) is 5.94. The summed E-state index contributed by atoms with van der Waals surface area (Å²) in [5, 5.41) is 0. The van der Waals surface area contributed by atoms with Gasteiger partial charge in [-0.3, -0.25) is 4.79 Å². The number of benzene rings is 1. The number of hydrogen-bond acceptors (Lipinski definition) is 2. The Balaban J connectivity index is 1.76. The zero-order valence-corrected chi connectivity index (χ0v) is 11.7. The van der Waals surface area contributed by atoms with Crippen LogP contribution in [0.3, 0.4) is 0 Å². The van der Waals surface area contributed by atoms with E-state index in [4.69, 9.17) is 0 Å². The van der Waals surface area contributed by atoms with Gasteiger partial charge < -0.3 is 9.80 Å². The molecule has 2 saturated heterocycles. The van der Waals surface area contributed by atoms with E-state index in [2.05, 4.69) is 15.9 Å². The van der Waals surface area contributed by atoms with Crippen molar-refractivity contribution in [1.29, 1.82) is 0 Å². The predicted octanol–water partition coefficient (Wildman–Crippen LogP) is 2.26. The van der Waals surface area contributed by atoms with Crippen molar-refractivity contribution in [3.8, 4) is 0 Å². The van der Waals surface area contributed by atoms with Crippen molar-refractivity contribution < 1.29 is 9.18 Å². The number of carbonyl (C=O) groups is 1. The van der Waals surface area contributed by atoms with Crippen LogP contribution in [0.2, 0.25) is 0 Å². The Morgan fingerprint density at radius 1 is 1.33 bits per heavy atom. The molecule has 1 aromatic carbocycles. The summed E-state index contributed by atoms with van der Waals surface area (Å²) in [5.74, 6) is -0.0191. The largest absolute Gasteiger partial charge is 0.368 e. The molecule has 0 aliphatic carbocycles. The van der Waals surface area contributed by atoms with Crippen molar-refractivity contribution in [2.45, 2.75) is 6.42 Å². The van der Waals surface area contributed by atoms with Crippen LogP contribution >= 0.6 is 15.9 Å².